The Labute approximate surface area is 149 Å². The standard InChI is InChI=1S/C18H28N6O/c1-14-8-17(21-13-20-14)24-11-15-9-23(10-16(15)12-24)7-6-22-4-2-18(25)19-3-5-22/h8,13,15-16H,2-7,9-12H2,1H3,(H,19,25). The zero-order chi connectivity index (χ0) is 17.2. The zero-order valence-corrected chi connectivity index (χ0v) is 15.0. The maximum absolute atomic E-state index is 11.4. The van der Waals surface area contributed by atoms with Gasteiger partial charge < -0.3 is 15.1 Å². The van der Waals surface area contributed by atoms with Gasteiger partial charge in [0, 0.05) is 77.1 Å². The number of carbonyl (C=O) groups is 1. The van der Waals surface area contributed by atoms with Crippen molar-refractivity contribution in [2.75, 3.05) is 63.8 Å². The highest BCUT2D eigenvalue weighted by molar-refractivity contribution is 5.76. The van der Waals surface area contributed by atoms with Gasteiger partial charge in [0.05, 0.1) is 0 Å². The number of anilines is 1. The molecule has 3 saturated heterocycles. The zero-order valence-electron chi connectivity index (χ0n) is 15.0. The minimum absolute atomic E-state index is 0.193. The number of rotatable bonds is 4. The average molecular weight is 344 g/mol. The highest BCUT2D eigenvalue weighted by atomic mass is 16.1. The number of amides is 1. The number of aromatic nitrogens is 2. The molecule has 1 aromatic heterocycles. The molecule has 3 fully saturated rings. The Kier molecular flexibility index (Phi) is 4.85. The van der Waals surface area contributed by atoms with Gasteiger partial charge in [-0.1, -0.05) is 0 Å². The molecule has 1 N–H and O–H groups in total. The van der Waals surface area contributed by atoms with E-state index in [9.17, 15) is 4.79 Å². The number of aryl methyl sites for hydroxylation is 1. The summed E-state index contributed by atoms with van der Waals surface area (Å²) in [6.07, 6.45) is 2.31. The van der Waals surface area contributed by atoms with Crippen molar-refractivity contribution < 1.29 is 4.79 Å². The number of nitrogens with one attached hydrogen (secondary N) is 1. The molecule has 4 heterocycles. The van der Waals surface area contributed by atoms with Gasteiger partial charge in [-0.3, -0.25) is 9.69 Å². The van der Waals surface area contributed by atoms with Gasteiger partial charge in [0.15, 0.2) is 0 Å². The average Bonchev–Trinajstić information content (AvgIpc) is 3.08. The Bertz CT molecular complexity index is 609. The van der Waals surface area contributed by atoms with Crippen molar-refractivity contribution in [3.8, 4) is 0 Å². The number of nitrogens with zero attached hydrogens (tertiary/aromatic N) is 5. The van der Waals surface area contributed by atoms with Gasteiger partial charge in [0.1, 0.15) is 12.1 Å². The normalized spacial score (nSPS) is 28.0. The van der Waals surface area contributed by atoms with Crippen molar-refractivity contribution in [3.63, 3.8) is 0 Å². The maximum Gasteiger partial charge on any atom is 0.221 e. The van der Waals surface area contributed by atoms with E-state index in [0.717, 1.165) is 69.2 Å². The molecule has 1 aromatic rings. The number of likely N-dealkylation sites (tertiary alicyclic amines) is 1. The van der Waals surface area contributed by atoms with Crippen LogP contribution in [0, 0.1) is 18.8 Å². The Balaban J connectivity index is 1.25. The van der Waals surface area contributed by atoms with E-state index >= 15 is 0 Å². The van der Waals surface area contributed by atoms with Crippen LogP contribution < -0.4 is 10.2 Å². The summed E-state index contributed by atoms with van der Waals surface area (Å²) in [4.78, 5) is 27.5. The van der Waals surface area contributed by atoms with Gasteiger partial charge in [0.2, 0.25) is 5.91 Å². The maximum atomic E-state index is 11.4. The van der Waals surface area contributed by atoms with Crippen LogP contribution in [0.1, 0.15) is 12.1 Å². The van der Waals surface area contributed by atoms with Crippen LogP contribution in [-0.2, 0) is 4.79 Å². The van der Waals surface area contributed by atoms with Crippen molar-refractivity contribution in [3.05, 3.63) is 18.1 Å². The first-order chi connectivity index (χ1) is 12.2. The molecule has 2 unspecified atom stereocenters. The van der Waals surface area contributed by atoms with Gasteiger partial charge in [-0.2, -0.15) is 0 Å². The van der Waals surface area contributed by atoms with Gasteiger partial charge in [-0.15, -0.1) is 0 Å². The van der Waals surface area contributed by atoms with Gasteiger partial charge >= 0.3 is 0 Å². The predicted molar refractivity (Wildman–Crippen MR) is 96.5 cm³/mol. The fourth-order valence-electron chi connectivity index (χ4n) is 4.39. The summed E-state index contributed by atoms with van der Waals surface area (Å²) in [5, 5.41) is 2.95. The second-order valence-electron chi connectivity index (χ2n) is 7.64. The van der Waals surface area contributed by atoms with Crippen LogP contribution >= 0.6 is 0 Å². The molecule has 0 saturated carbocycles. The van der Waals surface area contributed by atoms with Crippen LogP contribution in [0.5, 0.6) is 0 Å². The summed E-state index contributed by atoms with van der Waals surface area (Å²) in [5.41, 5.74) is 1.04. The minimum atomic E-state index is 0.193. The van der Waals surface area contributed by atoms with Gasteiger partial charge in [-0.05, 0) is 18.8 Å². The molecule has 0 spiro atoms. The van der Waals surface area contributed by atoms with E-state index in [1.807, 2.05) is 6.92 Å². The van der Waals surface area contributed by atoms with Crippen molar-refractivity contribution >= 4 is 11.7 Å². The number of hydrogen-bond acceptors (Lipinski definition) is 6. The van der Waals surface area contributed by atoms with Crippen LogP contribution in [0.3, 0.4) is 0 Å². The molecule has 25 heavy (non-hydrogen) atoms. The van der Waals surface area contributed by atoms with Crippen molar-refractivity contribution in [1.29, 1.82) is 0 Å². The molecule has 1 amide bonds. The fourth-order valence-corrected chi connectivity index (χ4v) is 4.39. The molecule has 0 radical (unpaired) electrons. The van der Waals surface area contributed by atoms with Crippen molar-refractivity contribution in [1.82, 2.24) is 25.1 Å². The second kappa shape index (κ2) is 7.25. The third-order valence-electron chi connectivity index (χ3n) is 5.81. The highest BCUT2D eigenvalue weighted by Gasteiger charge is 2.40. The lowest BCUT2D eigenvalue weighted by Crippen LogP contribution is -2.37. The quantitative estimate of drug-likeness (QED) is 0.828. The van der Waals surface area contributed by atoms with E-state index in [0.29, 0.717) is 6.42 Å². The van der Waals surface area contributed by atoms with Gasteiger partial charge in [-0.25, -0.2) is 9.97 Å². The Morgan fingerprint density at radius 3 is 2.60 bits per heavy atom. The summed E-state index contributed by atoms with van der Waals surface area (Å²) in [5.74, 6) is 2.78. The third kappa shape index (κ3) is 3.93. The number of hydrogen-bond donors (Lipinski definition) is 1. The van der Waals surface area contributed by atoms with Crippen LogP contribution in [0.4, 0.5) is 5.82 Å². The summed E-state index contributed by atoms with van der Waals surface area (Å²) >= 11 is 0. The van der Waals surface area contributed by atoms with Crippen LogP contribution in [0.15, 0.2) is 12.4 Å². The molecule has 7 heteroatoms. The molecule has 7 nitrogen and oxygen atoms in total. The highest BCUT2D eigenvalue weighted by Crippen LogP contribution is 2.33. The van der Waals surface area contributed by atoms with Crippen molar-refractivity contribution in [2.24, 2.45) is 11.8 Å². The number of fused-ring (bicyclic) bond motifs is 1. The van der Waals surface area contributed by atoms with E-state index in [1.54, 1.807) is 6.33 Å². The van der Waals surface area contributed by atoms with E-state index in [2.05, 4.69) is 36.1 Å². The lowest BCUT2D eigenvalue weighted by atomic mass is 10.0. The predicted octanol–water partition coefficient (Wildman–Crippen LogP) is -0.0251. The second-order valence-corrected chi connectivity index (χ2v) is 7.64. The molecule has 0 bridgehead atoms. The van der Waals surface area contributed by atoms with Crippen molar-refractivity contribution in [2.45, 2.75) is 13.3 Å². The SMILES string of the molecule is Cc1cc(N2CC3CN(CCN4CCNC(=O)CC4)CC3C2)ncn1. The summed E-state index contributed by atoms with van der Waals surface area (Å²) in [6.45, 7) is 11.5. The van der Waals surface area contributed by atoms with E-state index in [-0.39, 0.29) is 5.91 Å². The third-order valence-corrected chi connectivity index (χ3v) is 5.81. The molecule has 3 aliphatic rings. The number of carbonyl (C=O) groups excluding carboxylic acids is 1. The van der Waals surface area contributed by atoms with Crippen LogP contribution in [0.2, 0.25) is 0 Å². The van der Waals surface area contributed by atoms with Crippen LogP contribution in [-0.4, -0.2) is 84.6 Å². The monoisotopic (exact) mass is 344 g/mol. The Morgan fingerprint density at radius 1 is 1.08 bits per heavy atom. The molecule has 0 aromatic carbocycles. The lowest BCUT2D eigenvalue weighted by molar-refractivity contribution is -0.120. The fraction of sp³-hybridized carbons (Fsp3) is 0.722. The lowest BCUT2D eigenvalue weighted by Gasteiger charge is -2.25. The van der Waals surface area contributed by atoms with E-state index < -0.39 is 0 Å². The Morgan fingerprint density at radius 2 is 1.84 bits per heavy atom. The molecule has 4 rings (SSSR count). The molecule has 136 valence electrons. The molecule has 0 aliphatic carbocycles. The first kappa shape index (κ1) is 16.7. The molecule has 3 aliphatic heterocycles. The van der Waals surface area contributed by atoms with E-state index in [4.69, 9.17) is 0 Å². The van der Waals surface area contributed by atoms with Crippen LogP contribution in [0.25, 0.3) is 0 Å². The molecular weight excluding hydrogens is 316 g/mol. The minimum Gasteiger partial charge on any atom is -0.356 e. The van der Waals surface area contributed by atoms with E-state index in [1.165, 1.54) is 13.1 Å². The summed E-state index contributed by atoms with van der Waals surface area (Å²) < 4.78 is 0. The Hall–Kier alpha value is -1.73. The molecular formula is C18H28N6O. The molecule has 2 atom stereocenters. The topological polar surface area (TPSA) is 64.6 Å². The summed E-state index contributed by atoms with van der Waals surface area (Å²) in [7, 11) is 0. The first-order valence-electron chi connectivity index (χ1n) is 9.42. The first-order valence-corrected chi connectivity index (χ1v) is 9.42. The summed E-state index contributed by atoms with van der Waals surface area (Å²) in [6, 6.07) is 2.09. The van der Waals surface area contributed by atoms with Gasteiger partial charge in [0.25, 0.3) is 0 Å². The smallest absolute Gasteiger partial charge is 0.221 e. The largest absolute Gasteiger partial charge is 0.356 e.